The monoisotopic (exact) mass is 249 g/mol. The molecule has 0 bridgehead atoms. The van der Waals surface area contributed by atoms with Crippen LogP contribution in [0.15, 0.2) is 27.3 Å². The van der Waals surface area contributed by atoms with Gasteiger partial charge in [0.05, 0.1) is 26.0 Å². The average Bonchev–Trinajstić information content (AvgIpc) is 3.02. The highest BCUT2D eigenvalue weighted by Crippen LogP contribution is 2.17. The molecule has 1 fully saturated rings. The predicted molar refractivity (Wildman–Crippen MR) is 62.7 cm³/mol. The summed E-state index contributed by atoms with van der Waals surface area (Å²) in [7, 11) is 0. The molecule has 1 saturated heterocycles. The van der Waals surface area contributed by atoms with Crippen molar-refractivity contribution >= 4 is 0 Å². The summed E-state index contributed by atoms with van der Waals surface area (Å²) in [6.45, 7) is 5.17. The molecule has 0 radical (unpaired) electrons. The van der Waals surface area contributed by atoms with Crippen LogP contribution in [0.1, 0.15) is 12.8 Å². The van der Waals surface area contributed by atoms with Gasteiger partial charge in [-0.2, -0.15) is 4.98 Å². The molecule has 2 aromatic heterocycles. The molecule has 1 aliphatic rings. The molecule has 18 heavy (non-hydrogen) atoms. The van der Waals surface area contributed by atoms with Crippen LogP contribution in [0.5, 0.6) is 0 Å². The van der Waals surface area contributed by atoms with Gasteiger partial charge in [0.2, 0.25) is 11.7 Å². The lowest BCUT2D eigenvalue weighted by atomic mass is 10.2. The zero-order valence-electron chi connectivity index (χ0n) is 10.2. The normalized spacial score (nSPS) is 21.3. The fourth-order valence-corrected chi connectivity index (χ4v) is 2.00. The van der Waals surface area contributed by atoms with Crippen molar-refractivity contribution in [1.82, 2.24) is 15.0 Å². The number of nitrogens with zero attached hydrogens (tertiary/aromatic N) is 3. The molecule has 0 saturated carbocycles. The molecule has 2 aromatic rings. The van der Waals surface area contributed by atoms with E-state index in [1.807, 2.05) is 6.07 Å². The van der Waals surface area contributed by atoms with Crippen molar-refractivity contribution in [2.24, 2.45) is 0 Å². The highest BCUT2D eigenvalue weighted by molar-refractivity contribution is 5.44. The van der Waals surface area contributed by atoms with E-state index in [9.17, 15) is 0 Å². The van der Waals surface area contributed by atoms with E-state index in [0.29, 0.717) is 30.1 Å². The van der Waals surface area contributed by atoms with E-state index in [4.69, 9.17) is 13.7 Å². The van der Waals surface area contributed by atoms with Crippen LogP contribution in [-0.4, -0.2) is 40.8 Å². The Bertz CT molecular complexity index is 494. The van der Waals surface area contributed by atoms with Gasteiger partial charge in [0.15, 0.2) is 5.76 Å². The smallest absolute Gasteiger partial charge is 0.241 e. The minimum atomic E-state index is 0.373. The predicted octanol–water partition coefficient (Wildman–Crippen LogP) is 1.55. The number of rotatable bonds is 3. The molecule has 1 unspecified atom stereocenters. The molecule has 0 amide bonds. The Labute approximate surface area is 105 Å². The van der Waals surface area contributed by atoms with Crippen LogP contribution < -0.4 is 0 Å². The maximum Gasteiger partial charge on any atom is 0.241 e. The van der Waals surface area contributed by atoms with Crippen molar-refractivity contribution in [3.8, 4) is 11.6 Å². The van der Waals surface area contributed by atoms with Crippen LogP contribution >= 0.6 is 0 Å². The molecule has 0 aliphatic carbocycles. The first-order valence-corrected chi connectivity index (χ1v) is 6.01. The zero-order valence-corrected chi connectivity index (χ0v) is 10.2. The standard InChI is InChI=1S/C12H15N3O3/c1-9-8-16-6-4-15(9)7-11-13-12(14-18-11)10-3-2-5-17-10/h2-3,5,9H,4,6-8H2,1H3. The minimum absolute atomic E-state index is 0.373. The summed E-state index contributed by atoms with van der Waals surface area (Å²) in [4.78, 5) is 6.59. The third-order valence-corrected chi connectivity index (χ3v) is 3.05. The first kappa shape index (κ1) is 11.4. The average molecular weight is 249 g/mol. The number of morpholine rings is 1. The number of ether oxygens (including phenoxy) is 1. The van der Waals surface area contributed by atoms with Gasteiger partial charge in [0, 0.05) is 12.6 Å². The lowest BCUT2D eigenvalue weighted by Crippen LogP contribution is -2.42. The molecule has 6 nitrogen and oxygen atoms in total. The second-order valence-electron chi connectivity index (χ2n) is 4.38. The van der Waals surface area contributed by atoms with Crippen LogP contribution in [0, 0.1) is 0 Å². The van der Waals surface area contributed by atoms with Gasteiger partial charge < -0.3 is 13.7 Å². The molecule has 1 atom stereocenters. The van der Waals surface area contributed by atoms with Crippen molar-refractivity contribution in [3.05, 3.63) is 24.3 Å². The van der Waals surface area contributed by atoms with E-state index in [1.54, 1.807) is 12.3 Å². The summed E-state index contributed by atoms with van der Waals surface area (Å²) in [5.41, 5.74) is 0. The fourth-order valence-electron chi connectivity index (χ4n) is 2.00. The van der Waals surface area contributed by atoms with E-state index < -0.39 is 0 Å². The Hall–Kier alpha value is -1.66. The van der Waals surface area contributed by atoms with Gasteiger partial charge >= 0.3 is 0 Å². The molecule has 3 heterocycles. The summed E-state index contributed by atoms with van der Waals surface area (Å²) in [6, 6.07) is 3.99. The number of aromatic nitrogens is 2. The molecule has 0 N–H and O–H groups in total. The van der Waals surface area contributed by atoms with Crippen molar-refractivity contribution in [1.29, 1.82) is 0 Å². The highest BCUT2D eigenvalue weighted by atomic mass is 16.5. The minimum Gasteiger partial charge on any atom is -0.461 e. The largest absolute Gasteiger partial charge is 0.461 e. The maximum absolute atomic E-state index is 5.39. The molecule has 0 spiro atoms. The summed E-state index contributed by atoms with van der Waals surface area (Å²) < 4.78 is 15.9. The van der Waals surface area contributed by atoms with E-state index >= 15 is 0 Å². The van der Waals surface area contributed by atoms with Gasteiger partial charge in [0.25, 0.3) is 0 Å². The second-order valence-corrected chi connectivity index (χ2v) is 4.38. The van der Waals surface area contributed by atoms with Gasteiger partial charge in [-0.25, -0.2) is 0 Å². The number of furan rings is 1. The van der Waals surface area contributed by atoms with Crippen molar-refractivity contribution in [2.45, 2.75) is 19.5 Å². The highest BCUT2D eigenvalue weighted by Gasteiger charge is 2.21. The van der Waals surface area contributed by atoms with E-state index in [2.05, 4.69) is 22.0 Å². The third kappa shape index (κ3) is 2.30. The van der Waals surface area contributed by atoms with Crippen LogP contribution in [-0.2, 0) is 11.3 Å². The Morgan fingerprint density at radius 2 is 2.44 bits per heavy atom. The molecule has 3 rings (SSSR count). The number of hydrogen-bond donors (Lipinski definition) is 0. The topological polar surface area (TPSA) is 64.5 Å². The summed E-state index contributed by atoms with van der Waals surface area (Å²) >= 11 is 0. The Morgan fingerprint density at radius 3 is 3.22 bits per heavy atom. The van der Waals surface area contributed by atoms with Crippen LogP contribution in [0.2, 0.25) is 0 Å². The van der Waals surface area contributed by atoms with E-state index in [0.717, 1.165) is 19.8 Å². The Balaban J connectivity index is 1.70. The lowest BCUT2D eigenvalue weighted by molar-refractivity contribution is -0.00852. The van der Waals surface area contributed by atoms with Gasteiger partial charge in [-0.05, 0) is 19.1 Å². The molecule has 96 valence electrons. The summed E-state index contributed by atoms with van der Waals surface area (Å²) in [5.74, 6) is 1.73. The molecular formula is C12H15N3O3. The summed E-state index contributed by atoms with van der Waals surface area (Å²) in [5, 5.41) is 3.91. The fraction of sp³-hybridized carbons (Fsp3) is 0.500. The van der Waals surface area contributed by atoms with Crippen molar-refractivity contribution in [3.63, 3.8) is 0 Å². The lowest BCUT2D eigenvalue weighted by Gasteiger charge is -2.31. The van der Waals surface area contributed by atoms with Gasteiger partial charge in [-0.3, -0.25) is 4.90 Å². The quantitative estimate of drug-likeness (QED) is 0.822. The SMILES string of the molecule is CC1COCCN1Cc1nc(-c2ccco2)no1. The Kier molecular flexibility index (Phi) is 3.12. The maximum atomic E-state index is 5.39. The van der Waals surface area contributed by atoms with Gasteiger partial charge in [0.1, 0.15) is 0 Å². The molecule has 6 heteroatoms. The third-order valence-electron chi connectivity index (χ3n) is 3.05. The first-order valence-electron chi connectivity index (χ1n) is 6.01. The number of hydrogen-bond acceptors (Lipinski definition) is 6. The first-order chi connectivity index (χ1) is 8.83. The van der Waals surface area contributed by atoms with E-state index in [-0.39, 0.29) is 0 Å². The van der Waals surface area contributed by atoms with Crippen molar-refractivity contribution in [2.75, 3.05) is 19.8 Å². The van der Waals surface area contributed by atoms with Crippen molar-refractivity contribution < 1.29 is 13.7 Å². The van der Waals surface area contributed by atoms with Crippen LogP contribution in [0.25, 0.3) is 11.6 Å². The van der Waals surface area contributed by atoms with Crippen LogP contribution in [0.3, 0.4) is 0 Å². The van der Waals surface area contributed by atoms with Gasteiger partial charge in [-0.1, -0.05) is 5.16 Å². The van der Waals surface area contributed by atoms with Gasteiger partial charge in [-0.15, -0.1) is 0 Å². The zero-order chi connectivity index (χ0) is 12.4. The molecular weight excluding hydrogens is 234 g/mol. The van der Waals surface area contributed by atoms with E-state index in [1.165, 1.54) is 0 Å². The Morgan fingerprint density at radius 1 is 1.50 bits per heavy atom. The molecule has 1 aliphatic heterocycles. The second kappa shape index (κ2) is 4.91. The molecule has 0 aromatic carbocycles. The van der Waals surface area contributed by atoms with Crippen LogP contribution in [0.4, 0.5) is 0 Å². The summed E-state index contributed by atoms with van der Waals surface area (Å²) in [6.07, 6.45) is 1.59.